The fourth-order valence-electron chi connectivity index (χ4n) is 7.43. The van der Waals surface area contributed by atoms with E-state index in [1.807, 2.05) is 66.7 Å². The van der Waals surface area contributed by atoms with E-state index in [0.717, 1.165) is 33.4 Å². The Morgan fingerprint density at radius 1 is 0.412 bits per heavy atom. The van der Waals surface area contributed by atoms with Crippen molar-refractivity contribution >= 4 is 10.8 Å². The van der Waals surface area contributed by atoms with Crippen molar-refractivity contribution in [3.05, 3.63) is 174 Å². The lowest BCUT2D eigenvalue weighted by atomic mass is 9.80. The summed E-state index contributed by atoms with van der Waals surface area (Å²) in [5.74, 6) is 1.92. The van der Waals surface area contributed by atoms with Crippen molar-refractivity contribution in [2.24, 2.45) is 0 Å². The molecule has 1 heterocycles. The van der Waals surface area contributed by atoms with E-state index in [0.29, 0.717) is 23.0 Å². The Labute approximate surface area is 297 Å². The molecule has 0 N–H and O–H groups in total. The molecule has 0 amide bonds. The third-order valence-corrected chi connectivity index (χ3v) is 10.2. The summed E-state index contributed by atoms with van der Waals surface area (Å²) in [6.07, 6.45) is 0. The van der Waals surface area contributed by atoms with Gasteiger partial charge >= 0.3 is 0 Å². The second kappa shape index (κ2) is 12.0. The van der Waals surface area contributed by atoms with E-state index in [2.05, 4.69) is 111 Å². The Kier molecular flexibility index (Phi) is 7.15. The minimum Gasteiger partial charge on any atom is -0.208 e. The van der Waals surface area contributed by atoms with E-state index in [1.54, 1.807) is 0 Å². The van der Waals surface area contributed by atoms with Crippen LogP contribution < -0.4 is 0 Å². The number of hydrogen-bond donors (Lipinski definition) is 0. The Morgan fingerprint density at radius 2 is 0.843 bits per heavy atom. The fourth-order valence-corrected chi connectivity index (χ4v) is 7.43. The highest BCUT2D eigenvalue weighted by molar-refractivity contribution is 5.97. The zero-order chi connectivity index (χ0) is 34.5. The van der Waals surface area contributed by atoms with Gasteiger partial charge in [0.25, 0.3) is 0 Å². The molecule has 7 aromatic carbocycles. The summed E-state index contributed by atoms with van der Waals surface area (Å²) in [5, 5.41) is 12.0. The summed E-state index contributed by atoms with van der Waals surface area (Å²) in [5.41, 5.74) is 12.8. The highest BCUT2D eigenvalue weighted by Crippen LogP contribution is 2.50. The molecule has 1 aliphatic rings. The van der Waals surface area contributed by atoms with Gasteiger partial charge in [-0.25, -0.2) is 15.0 Å². The SMILES string of the molecule is CC1(C)c2cc(C#N)ccc2-c2ccc(-c3cc4ccccc4cc3-c3ccc(-c4nc(-c5ccccc5)nc(-c5ccccc5)n4)cc3)cc21. The summed E-state index contributed by atoms with van der Waals surface area (Å²) >= 11 is 0. The molecule has 8 aromatic rings. The standard InChI is InChI=1S/C47H32N4/c1-47(2)42-25-30(29-48)17-23-38(42)39-24-22-37(28-43(39)47)41-27-36-16-10-9-15-35(36)26-40(41)31-18-20-34(21-19-31)46-50-44(32-11-5-3-6-12-32)49-45(51-46)33-13-7-4-8-14-33/h3-28H,1-2H3. The summed E-state index contributed by atoms with van der Waals surface area (Å²) in [6.45, 7) is 4.52. The molecule has 51 heavy (non-hydrogen) atoms. The zero-order valence-corrected chi connectivity index (χ0v) is 28.3. The first kappa shape index (κ1) is 30.4. The fraction of sp³-hybridized carbons (Fsp3) is 0.0638. The Morgan fingerprint density at radius 3 is 1.39 bits per heavy atom. The number of nitrogens with zero attached hydrogens (tertiary/aromatic N) is 4. The summed E-state index contributed by atoms with van der Waals surface area (Å²) in [4.78, 5) is 14.7. The lowest BCUT2D eigenvalue weighted by Gasteiger charge is -2.22. The molecule has 1 aromatic heterocycles. The molecule has 0 spiro atoms. The molecule has 0 fully saturated rings. The summed E-state index contributed by atoms with van der Waals surface area (Å²) < 4.78 is 0. The quantitative estimate of drug-likeness (QED) is 0.186. The monoisotopic (exact) mass is 652 g/mol. The first-order chi connectivity index (χ1) is 25.0. The van der Waals surface area contributed by atoms with E-state index in [9.17, 15) is 5.26 Å². The van der Waals surface area contributed by atoms with Crippen molar-refractivity contribution in [2.75, 3.05) is 0 Å². The Bertz CT molecular complexity index is 2600. The van der Waals surface area contributed by atoms with Crippen molar-refractivity contribution in [3.8, 4) is 73.6 Å². The van der Waals surface area contributed by atoms with Crippen LogP contribution >= 0.6 is 0 Å². The van der Waals surface area contributed by atoms with E-state index in [-0.39, 0.29) is 5.41 Å². The van der Waals surface area contributed by atoms with E-state index in [4.69, 9.17) is 15.0 Å². The first-order valence-corrected chi connectivity index (χ1v) is 17.2. The molecule has 240 valence electrons. The molecule has 0 saturated heterocycles. The average molecular weight is 653 g/mol. The predicted octanol–water partition coefficient (Wildman–Crippen LogP) is 11.5. The predicted molar refractivity (Wildman–Crippen MR) is 207 cm³/mol. The van der Waals surface area contributed by atoms with E-state index in [1.165, 1.54) is 38.6 Å². The van der Waals surface area contributed by atoms with Gasteiger partial charge < -0.3 is 0 Å². The van der Waals surface area contributed by atoms with Gasteiger partial charge in [0, 0.05) is 22.1 Å². The van der Waals surface area contributed by atoms with Gasteiger partial charge in [-0.15, -0.1) is 0 Å². The topological polar surface area (TPSA) is 62.5 Å². The molecule has 0 aliphatic heterocycles. The van der Waals surface area contributed by atoms with Gasteiger partial charge in [-0.2, -0.15) is 5.26 Å². The van der Waals surface area contributed by atoms with Crippen LogP contribution in [-0.2, 0) is 5.41 Å². The normalized spacial score (nSPS) is 12.6. The Balaban J connectivity index is 1.16. The number of rotatable bonds is 5. The molecule has 0 bridgehead atoms. The highest BCUT2D eigenvalue weighted by Gasteiger charge is 2.36. The Hall–Kier alpha value is -6.70. The van der Waals surface area contributed by atoms with Crippen molar-refractivity contribution in [2.45, 2.75) is 19.3 Å². The van der Waals surface area contributed by atoms with Gasteiger partial charge in [0.1, 0.15) is 0 Å². The number of aromatic nitrogens is 3. The van der Waals surface area contributed by atoms with Crippen molar-refractivity contribution < 1.29 is 0 Å². The second-order valence-corrected chi connectivity index (χ2v) is 13.6. The molecule has 9 rings (SSSR count). The molecule has 0 unspecified atom stereocenters. The van der Waals surface area contributed by atoms with Gasteiger partial charge in [-0.1, -0.05) is 141 Å². The van der Waals surface area contributed by atoms with Crippen LogP contribution in [0, 0.1) is 11.3 Å². The van der Waals surface area contributed by atoms with Gasteiger partial charge in [-0.3, -0.25) is 0 Å². The van der Waals surface area contributed by atoms with Gasteiger partial charge in [-0.05, 0) is 85.6 Å². The number of hydrogen-bond acceptors (Lipinski definition) is 4. The van der Waals surface area contributed by atoms with Gasteiger partial charge in [0.05, 0.1) is 11.6 Å². The van der Waals surface area contributed by atoms with E-state index >= 15 is 0 Å². The smallest absolute Gasteiger partial charge is 0.164 e. The van der Waals surface area contributed by atoms with Crippen molar-refractivity contribution in [1.29, 1.82) is 5.26 Å². The van der Waals surface area contributed by atoms with Crippen LogP contribution in [0.1, 0.15) is 30.5 Å². The summed E-state index contributed by atoms with van der Waals surface area (Å²) in [7, 11) is 0. The molecule has 0 atom stereocenters. The zero-order valence-electron chi connectivity index (χ0n) is 28.3. The highest BCUT2D eigenvalue weighted by atomic mass is 15.0. The van der Waals surface area contributed by atoms with Crippen molar-refractivity contribution in [3.63, 3.8) is 0 Å². The number of fused-ring (bicyclic) bond motifs is 4. The molecule has 0 saturated carbocycles. The molecule has 1 aliphatic carbocycles. The van der Waals surface area contributed by atoms with Crippen LogP contribution in [0.5, 0.6) is 0 Å². The van der Waals surface area contributed by atoms with Crippen LogP contribution in [0.4, 0.5) is 0 Å². The van der Waals surface area contributed by atoms with Crippen LogP contribution in [0.15, 0.2) is 158 Å². The average Bonchev–Trinajstić information content (AvgIpc) is 3.42. The summed E-state index contributed by atoms with van der Waals surface area (Å²) in [6, 6.07) is 57.1. The maximum absolute atomic E-state index is 9.62. The minimum atomic E-state index is -0.228. The molecular weight excluding hydrogens is 621 g/mol. The van der Waals surface area contributed by atoms with Crippen molar-refractivity contribution in [1.82, 2.24) is 15.0 Å². The third kappa shape index (κ3) is 5.28. The van der Waals surface area contributed by atoms with E-state index < -0.39 is 0 Å². The molecule has 0 radical (unpaired) electrons. The largest absolute Gasteiger partial charge is 0.208 e. The van der Waals surface area contributed by atoms with Crippen LogP contribution in [-0.4, -0.2) is 15.0 Å². The van der Waals surface area contributed by atoms with Crippen LogP contribution in [0.25, 0.3) is 78.3 Å². The lowest BCUT2D eigenvalue weighted by molar-refractivity contribution is 0.660. The molecule has 4 nitrogen and oxygen atoms in total. The maximum atomic E-state index is 9.62. The van der Waals surface area contributed by atoms with Gasteiger partial charge in [0.15, 0.2) is 17.5 Å². The molecule has 4 heteroatoms. The molecular formula is C47H32N4. The first-order valence-electron chi connectivity index (χ1n) is 17.2. The number of benzene rings is 7. The number of nitriles is 1. The van der Waals surface area contributed by atoms with Gasteiger partial charge in [0.2, 0.25) is 0 Å². The lowest BCUT2D eigenvalue weighted by Crippen LogP contribution is -2.15. The maximum Gasteiger partial charge on any atom is 0.164 e. The second-order valence-electron chi connectivity index (χ2n) is 13.6. The van der Waals surface area contributed by atoms with Crippen LogP contribution in [0.3, 0.4) is 0 Å². The third-order valence-electron chi connectivity index (χ3n) is 10.2. The minimum absolute atomic E-state index is 0.228. The van der Waals surface area contributed by atoms with Crippen LogP contribution in [0.2, 0.25) is 0 Å².